The van der Waals surface area contributed by atoms with Crippen LogP contribution in [0.4, 0.5) is 0 Å². The molecule has 0 aromatic heterocycles. The number of halogens is 1. The molecule has 0 amide bonds. The lowest BCUT2D eigenvalue weighted by Crippen LogP contribution is -2.24. The summed E-state index contributed by atoms with van der Waals surface area (Å²) in [5.74, 6) is -1.08. The highest BCUT2D eigenvalue weighted by atomic mass is 79.9. The molecule has 0 heterocycles. The standard InChI is InChI=1S/C17H15BrO2/c18-16-10-12-2-6-13-5-1-11(9-15(13)17(19)20)3-7-14(16)8-4-12/h1,4-5,8-10H,2-3,6-7H2,(H,19,20)/p-1. The van der Waals surface area contributed by atoms with Crippen LogP contribution in [0.5, 0.6) is 0 Å². The van der Waals surface area contributed by atoms with Crippen LogP contribution < -0.4 is 5.11 Å². The van der Waals surface area contributed by atoms with Crippen molar-refractivity contribution in [2.75, 3.05) is 0 Å². The molecule has 0 spiro atoms. The SMILES string of the molecule is O=C([O-])c1cc2ccc1CCc1ccc(c(Br)c1)CC2. The molecule has 0 aliphatic heterocycles. The quantitative estimate of drug-likeness (QED) is 0.807. The summed E-state index contributed by atoms with van der Waals surface area (Å²) in [5, 5.41) is 11.3. The molecule has 2 aromatic carbocycles. The summed E-state index contributed by atoms with van der Waals surface area (Å²) in [4.78, 5) is 11.3. The fourth-order valence-electron chi connectivity index (χ4n) is 2.69. The molecule has 0 saturated heterocycles. The van der Waals surface area contributed by atoms with E-state index < -0.39 is 5.97 Å². The second kappa shape index (κ2) is 5.41. The number of aryl methyl sites for hydroxylation is 4. The van der Waals surface area contributed by atoms with Crippen LogP contribution in [0.2, 0.25) is 0 Å². The number of carboxylic acids is 1. The molecule has 20 heavy (non-hydrogen) atoms. The Bertz CT molecular complexity index is 677. The maximum absolute atomic E-state index is 11.3. The van der Waals surface area contributed by atoms with Crippen molar-refractivity contribution >= 4 is 21.9 Å². The number of aromatic carboxylic acids is 1. The lowest BCUT2D eigenvalue weighted by molar-refractivity contribution is -0.255. The van der Waals surface area contributed by atoms with E-state index in [1.807, 2.05) is 12.1 Å². The van der Waals surface area contributed by atoms with E-state index in [0.717, 1.165) is 41.3 Å². The summed E-state index contributed by atoms with van der Waals surface area (Å²) in [7, 11) is 0. The monoisotopic (exact) mass is 329 g/mol. The van der Waals surface area contributed by atoms with Crippen LogP contribution in [0, 0.1) is 0 Å². The molecule has 3 heteroatoms. The van der Waals surface area contributed by atoms with E-state index in [1.54, 1.807) is 6.07 Å². The zero-order valence-corrected chi connectivity index (χ0v) is 12.6. The van der Waals surface area contributed by atoms with E-state index in [-0.39, 0.29) is 0 Å². The molecule has 2 aromatic rings. The van der Waals surface area contributed by atoms with E-state index in [4.69, 9.17) is 0 Å². The van der Waals surface area contributed by atoms with E-state index in [0.29, 0.717) is 5.56 Å². The van der Waals surface area contributed by atoms with Crippen molar-refractivity contribution in [3.05, 3.63) is 68.7 Å². The second-order valence-electron chi connectivity index (χ2n) is 5.20. The molecule has 4 aliphatic carbocycles. The van der Waals surface area contributed by atoms with Crippen molar-refractivity contribution in [1.82, 2.24) is 0 Å². The van der Waals surface area contributed by atoms with Gasteiger partial charge in [-0.05, 0) is 60.1 Å². The van der Waals surface area contributed by atoms with E-state index in [1.165, 1.54) is 11.1 Å². The van der Waals surface area contributed by atoms with E-state index >= 15 is 0 Å². The number of hydrogen-bond donors (Lipinski definition) is 0. The maximum atomic E-state index is 11.3. The summed E-state index contributed by atoms with van der Waals surface area (Å²) in [6, 6.07) is 12.2. The Morgan fingerprint density at radius 3 is 2.15 bits per heavy atom. The molecule has 2 nitrogen and oxygen atoms in total. The minimum Gasteiger partial charge on any atom is -0.545 e. The lowest BCUT2D eigenvalue weighted by atomic mass is 9.93. The topological polar surface area (TPSA) is 40.1 Å². The van der Waals surface area contributed by atoms with Gasteiger partial charge < -0.3 is 9.90 Å². The molecule has 0 unspecified atom stereocenters. The zero-order valence-electron chi connectivity index (χ0n) is 11.0. The molecule has 0 radical (unpaired) electrons. The van der Waals surface area contributed by atoms with Gasteiger partial charge in [0, 0.05) is 10.0 Å². The van der Waals surface area contributed by atoms with Crippen LogP contribution in [-0.4, -0.2) is 5.97 Å². The highest BCUT2D eigenvalue weighted by molar-refractivity contribution is 9.10. The van der Waals surface area contributed by atoms with Gasteiger partial charge in [0.05, 0.1) is 5.97 Å². The van der Waals surface area contributed by atoms with Crippen molar-refractivity contribution in [3.63, 3.8) is 0 Å². The highest BCUT2D eigenvalue weighted by Gasteiger charge is 2.10. The van der Waals surface area contributed by atoms with Crippen LogP contribution in [0.15, 0.2) is 40.9 Å². The molecule has 4 bridgehead atoms. The third-order valence-corrected chi connectivity index (χ3v) is 4.62. The Hall–Kier alpha value is -1.61. The molecule has 6 rings (SSSR count). The van der Waals surface area contributed by atoms with Crippen LogP contribution in [0.25, 0.3) is 0 Å². The molecule has 0 saturated carbocycles. The Morgan fingerprint density at radius 1 is 0.900 bits per heavy atom. The number of carbonyl (C=O) groups is 1. The normalized spacial score (nSPS) is 13.8. The number of benzene rings is 2. The second-order valence-corrected chi connectivity index (χ2v) is 6.06. The summed E-state index contributed by atoms with van der Waals surface area (Å²) in [6.45, 7) is 0. The molecule has 0 atom stereocenters. The molecule has 0 N–H and O–H groups in total. The highest BCUT2D eigenvalue weighted by Crippen LogP contribution is 2.24. The summed E-state index contributed by atoms with van der Waals surface area (Å²) in [5.41, 5.74) is 4.72. The van der Waals surface area contributed by atoms with Crippen molar-refractivity contribution in [2.45, 2.75) is 25.7 Å². The average Bonchev–Trinajstić information content (AvgIpc) is 2.42. The van der Waals surface area contributed by atoms with Gasteiger partial charge in [-0.25, -0.2) is 0 Å². The summed E-state index contributed by atoms with van der Waals surface area (Å²) < 4.78 is 1.14. The van der Waals surface area contributed by atoms with Gasteiger partial charge in [0.2, 0.25) is 0 Å². The average molecular weight is 330 g/mol. The Balaban J connectivity index is 2.05. The Kier molecular flexibility index (Phi) is 3.62. The van der Waals surface area contributed by atoms with Gasteiger partial charge in [-0.1, -0.05) is 40.2 Å². The first-order valence-corrected chi connectivity index (χ1v) is 7.53. The van der Waals surface area contributed by atoms with Crippen LogP contribution in [0.1, 0.15) is 32.6 Å². The molecule has 4 aliphatic rings. The van der Waals surface area contributed by atoms with Crippen molar-refractivity contribution in [3.8, 4) is 0 Å². The number of carboxylic acid groups (broad SMARTS) is 1. The third kappa shape index (κ3) is 2.63. The fourth-order valence-corrected chi connectivity index (χ4v) is 3.32. The molecular formula is C17H14BrO2-. The molecule has 0 fully saturated rings. The first kappa shape index (κ1) is 13.4. The largest absolute Gasteiger partial charge is 0.545 e. The number of rotatable bonds is 1. The Morgan fingerprint density at radius 2 is 1.50 bits per heavy atom. The van der Waals surface area contributed by atoms with Gasteiger partial charge in [-0.3, -0.25) is 0 Å². The summed E-state index contributed by atoms with van der Waals surface area (Å²) >= 11 is 3.62. The van der Waals surface area contributed by atoms with Gasteiger partial charge in [0.1, 0.15) is 0 Å². The third-order valence-electron chi connectivity index (χ3n) is 3.88. The lowest BCUT2D eigenvalue weighted by Gasteiger charge is -2.15. The van der Waals surface area contributed by atoms with Crippen molar-refractivity contribution in [2.24, 2.45) is 0 Å². The smallest absolute Gasteiger partial charge is 0.0718 e. The van der Waals surface area contributed by atoms with Gasteiger partial charge in [0.15, 0.2) is 0 Å². The predicted molar refractivity (Wildman–Crippen MR) is 79.7 cm³/mol. The minimum atomic E-state index is -1.08. The van der Waals surface area contributed by atoms with Crippen LogP contribution >= 0.6 is 15.9 Å². The first-order chi connectivity index (χ1) is 9.63. The van der Waals surface area contributed by atoms with Crippen molar-refractivity contribution < 1.29 is 9.90 Å². The van der Waals surface area contributed by atoms with Crippen molar-refractivity contribution in [1.29, 1.82) is 0 Å². The van der Waals surface area contributed by atoms with Gasteiger partial charge in [-0.15, -0.1) is 0 Å². The first-order valence-electron chi connectivity index (χ1n) is 6.74. The maximum Gasteiger partial charge on any atom is 0.0718 e. The van der Waals surface area contributed by atoms with E-state index in [9.17, 15) is 9.90 Å². The van der Waals surface area contributed by atoms with Crippen LogP contribution in [-0.2, 0) is 25.7 Å². The van der Waals surface area contributed by atoms with E-state index in [2.05, 4.69) is 34.1 Å². The fraction of sp³-hybridized carbons (Fsp3) is 0.235. The molecular weight excluding hydrogens is 316 g/mol. The van der Waals surface area contributed by atoms with Gasteiger partial charge in [0.25, 0.3) is 0 Å². The Labute approximate surface area is 126 Å². The number of carbonyl (C=O) groups excluding carboxylic acids is 1. The van der Waals surface area contributed by atoms with Gasteiger partial charge in [-0.2, -0.15) is 0 Å². The van der Waals surface area contributed by atoms with Gasteiger partial charge >= 0.3 is 0 Å². The van der Waals surface area contributed by atoms with Crippen LogP contribution in [0.3, 0.4) is 0 Å². The predicted octanol–water partition coefficient (Wildman–Crippen LogP) is 2.70. The minimum absolute atomic E-state index is 0.344. The summed E-state index contributed by atoms with van der Waals surface area (Å²) in [6.07, 6.45) is 3.28. The zero-order chi connectivity index (χ0) is 14.1. The molecule has 102 valence electrons. The number of hydrogen-bond acceptors (Lipinski definition) is 2.